The summed E-state index contributed by atoms with van der Waals surface area (Å²) in [5.41, 5.74) is 4.20. The molecule has 0 bridgehead atoms. The van der Waals surface area contributed by atoms with Crippen molar-refractivity contribution in [3.8, 4) is 17.3 Å². The molecule has 0 aliphatic carbocycles. The number of fused-ring (bicyclic) bond motifs is 1. The summed E-state index contributed by atoms with van der Waals surface area (Å²) >= 11 is 0. The average Bonchev–Trinajstić information content (AvgIpc) is 2.85. The van der Waals surface area contributed by atoms with Gasteiger partial charge < -0.3 is 4.98 Å². The number of aromatic amines is 1. The molecule has 0 aliphatic rings. The van der Waals surface area contributed by atoms with Crippen LogP contribution in [0.25, 0.3) is 22.2 Å². The van der Waals surface area contributed by atoms with Gasteiger partial charge in [0.25, 0.3) is 0 Å². The molecular formula is C17H13FN2. The summed E-state index contributed by atoms with van der Waals surface area (Å²) in [5, 5.41) is 9.99. The molecule has 1 heterocycles. The van der Waals surface area contributed by atoms with Crippen molar-refractivity contribution < 1.29 is 4.39 Å². The largest absolute Gasteiger partial charge is 0.353 e. The zero-order valence-electron chi connectivity index (χ0n) is 11.1. The third kappa shape index (κ3) is 1.96. The summed E-state index contributed by atoms with van der Waals surface area (Å²) in [6.45, 7) is 2.10. The lowest BCUT2D eigenvalue weighted by Gasteiger charge is -2.01. The maximum absolute atomic E-state index is 13.3. The Kier molecular flexibility index (Phi) is 3.00. The summed E-state index contributed by atoms with van der Waals surface area (Å²) in [6.07, 6.45) is 0.975. The van der Waals surface area contributed by atoms with Gasteiger partial charge in [-0.1, -0.05) is 31.2 Å². The fourth-order valence-corrected chi connectivity index (χ4v) is 2.40. The van der Waals surface area contributed by atoms with Gasteiger partial charge in [-0.05, 0) is 35.7 Å². The summed E-state index contributed by atoms with van der Waals surface area (Å²) in [6, 6.07) is 14.7. The van der Waals surface area contributed by atoms with Crippen molar-refractivity contribution in [2.75, 3.05) is 0 Å². The van der Waals surface area contributed by atoms with Gasteiger partial charge in [0.1, 0.15) is 11.9 Å². The van der Waals surface area contributed by atoms with E-state index < -0.39 is 0 Å². The molecule has 3 rings (SSSR count). The number of rotatable bonds is 2. The molecule has 0 atom stereocenters. The van der Waals surface area contributed by atoms with E-state index in [2.05, 4.69) is 18.0 Å². The molecule has 0 amide bonds. The minimum atomic E-state index is -0.333. The van der Waals surface area contributed by atoms with Crippen LogP contribution in [0.4, 0.5) is 4.39 Å². The molecule has 3 heteroatoms. The van der Waals surface area contributed by atoms with Gasteiger partial charge in [-0.2, -0.15) is 5.26 Å². The number of aryl methyl sites for hydroxylation is 1. The van der Waals surface area contributed by atoms with Crippen LogP contribution in [0.15, 0.2) is 42.5 Å². The van der Waals surface area contributed by atoms with E-state index in [4.69, 9.17) is 0 Å². The Morgan fingerprint density at radius 3 is 2.55 bits per heavy atom. The molecule has 20 heavy (non-hydrogen) atoms. The number of nitrogens with zero attached hydrogens (tertiary/aromatic N) is 1. The Hall–Kier alpha value is -2.60. The molecule has 0 fully saturated rings. The predicted molar refractivity (Wildman–Crippen MR) is 77.8 cm³/mol. The highest BCUT2D eigenvalue weighted by Crippen LogP contribution is 2.30. The minimum absolute atomic E-state index is 0.333. The lowest BCUT2D eigenvalue weighted by atomic mass is 10.0. The number of hydrogen-bond acceptors (Lipinski definition) is 1. The second-order valence-electron chi connectivity index (χ2n) is 4.73. The standard InChI is InChI=1S/C17H13FN2/c1-2-11-3-5-12(6-4-11)17-15(10-19)14-9-13(18)7-8-16(14)20-17/h3-9,20H,2H2,1H3. The molecule has 3 aromatic rings. The van der Waals surface area contributed by atoms with Gasteiger partial charge >= 0.3 is 0 Å². The number of H-pyrrole nitrogens is 1. The molecule has 1 N–H and O–H groups in total. The van der Waals surface area contributed by atoms with E-state index in [0.717, 1.165) is 23.2 Å². The van der Waals surface area contributed by atoms with Crippen molar-refractivity contribution in [2.24, 2.45) is 0 Å². The van der Waals surface area contributed by atoms with Gasteiger partial charge in [-0.25, -0.2) is 4.39 Å². The number of aromatic nitrogens is 1. The summed E-state index contributed by atoms with van der Waals surface area (Å²) in [5.74, 6) is -0.333. The third-order valence-electron chi connectivity index (χ3n) is 3.52. The molecule has 98 valence electrons. The van der Waals surface area contributed by atoms with Gasteiger partial charge in [0, 0.05) is 10.9 Å². The maximum Gasteiger partial charge on any atom is 0.124 e. The average molecular weight is 264 g/mol. The summed E-state index contributed by atoms with van der Waals surface area (Å²) in [4.78, 5) is 3.21. The molecule has 0 radical (unpaired) electrons. The van der Waals surface area contributed by atoms with Gasteiger partial charge in [0.2, 0.25) is 0 Å². The van der Waals surface area contributed by atoms with Crippen LogP contribution in [0.3, 0.4) is 0 Å². The topological polar surface area (TPSA) is 39.6 Å². The monoisotopic (exact) mass is 264 g/mol. The normalized spacial score (nSPS) is 10.7. The zero-order valence-corrected chi connectivity index (χ0v) is 11.1. The maximum atomic E-state index is 13.3. The Balaban J connectivity index is 2.22. The molecule has 1 aromatic heterocycles. The van der Waals surface area contributed by atoms with Gasteiger partial charge in [-0.15, -0.1) is 0 Å². The van der Waals surface area contributed by atoms with Gasteiger partial charge in [0.15, 0.2) is 0 Å². The molecule has 0 spiro atoms. The van der Waals surface area contributed by atoms with Crippen LogP contribution < -0.4 is 0 Å². The van der Waals surface area contributed by atoms with Crippen LogP contribution >= 0.6 is 0 Å². The Morgan fingerprint density at radius 1 is 1.15 bits per heavy atom. The second kappa shape index (κ2) is 4.82. The van der Waals surface area contributed by atoms with Crippen LogP contribution in [0.2, 0.25) is 0 Å². The fourth-order valence-electron chi connectivity index (χ4n) is 2.40. The zero-order chi connectivity index (χ0) is 14.1. The highest BCUT2D eigenvalue weighted by Gasteiger charge is 2.13. The fraction of sp³-hybridized carbons (Fsp3) is 0.118. The van der Waals surface area contributed by atoms with E-state index in [9.17, 15) is 9.65 Å². The number of halogens is 1. The quantitative estimate of drug-likeness (QED) is 0.731. The van der Waals surface area contributed by atoms with Crippen LogP contribution in [0, 0.1) is 17.1 Å². The second-order valence-corrected chi connectivity index (χ2v) is 4.73. The van der Waals surface area contributed by atoms with Crippen molar-refractivity contribution in [1.82, 2.24) is 4.98 Å². The molecule has 0 saturated heterocycles. The third-order valence-corrected chi connectivity index (χ3v) is 3.52. The van der Waals surface area contributed by atoms with Gasteiger partial charge in [0.05, 0.1) is 11.3 Å². The van der Waals surface area contributed by atoms with Crippen molar-refractivity contribution in [1.29, 1.82) is 5.26 Å². The first kappa shape index (κ1) is 12.4. The summed E-state index contributed by atoms with van der Waals surface area (Å²) < 4.78 is 13.3. The van der Waals surface area contributed by atoms with E-state index in [0.29, 0.717) is 10.9 Å². The smallest absolute Gasteiger partial charge is 0.124 e. The first-order valence-corrected chi connectivity index (χ1v) is 6.53. The molecule has 0 saturated carbocycles. The Bertz CT molecular complexity index is 807. The Labute approximate surface area is 116 Å². The lowest BCUT2D eigenvalue weighted by molar-refractivity contribution is 0.629. The first-order chi connectivity index (χ1) is 9.72. The van der Waals surface area contributed by atoms with Crippen molar-refractivity contribution in [2.45, 2.75) is 13.3 Å². The van der Waals surface area contributed by atoms with Crippen LogP contribution in [0.5, 0.6) is 0 Å². The van der Waals surface area contributed by atoms with E-state index in [1.165, 1.54) is 17.7 Å². The van der Waals surface area contributed by atoms with Crippen LogP contribution in [-0.4, -0.2) is 4.98 Å². The predicted octanol–water partition coefficient (Wildman–Crippen LogP) is 4.41. The first-order valence-electron chi connectivity index (χ1n) is 6.53. The SMILES string of the molecule is CCc1ccc(-c2[nH]c3ccc(F)cc3c2C#N)cc1. The van der Waals surface area contributed by atoms with E-state index in [1.807, 2.05) is 24.3 Å². The van der Waals surface area contributed by atoms with Crippen molar-refractivity contribution in [3.05, 3.63) is 59.4 Å². The molecule has 0 unspecified atom stereocenters. The van der Waals surface area contributed by atoms with Crippen molar-refractivity contribution >= 4 is 10.9 Å². The number of nitriles is 1. The number of benzene rings is 2. The molecule has 2 aromatic carbocycles. The molecular weight excluding hydrogens is 251 g/mol. The van der Waals surface area contributed by atoms with Crippen molar-refractivity contribution in [3.63, 3.8) is 0 Å². The molecule has 2 nitrogen and oxygen atoms in total. The minimum Gasteiger partial charge on any atom is -0.353 e. The van der Waals surface area contributed by atoms with Crippen LogP contribution in [-0.2, 0) is 6.42 Å². The Morgan fingerprint density at radius 2 is 1.90 bits per heavy atom. The van der Waals surface area contributed by atoms with E-state index in [1.54, 1.807) is 6.07 Å². The summed E-state index contributed by atoms with van der Waals surface area (Å²) in [7, 11) is 0. The number of nitrogens with one attached hydrogen (secondary N) is 1. The van der Waals surface area contributed by atoms with E-state index >= 15 is 0 Å². The highest BCUT2D eigenvalue weighted by molar-refractivity contribution is 5.93. The number of hydrogen-bond donors (Lipinski definition) is 1. The van der Waals surface area contributed by atoms with Gasteiger partial charge in [-0.3, -0.25) is 0 Å². The highest BCUT2D eigenvalue weighted by atomic mass is 19.1. The van der Waals surface area contributed by atoms with E-state index in [-0.39, 0.29) is 5.82 Å². The van der Waals surface area contributed by atoms with Crippen LogP contribution in [0.1, 0.15) is 18.1 Å². The molecule has 0 aliphatic heterocycles. The lowest BCUT2D eigenvalue weighted by Crippen LogP contribution is -1.84.